The van der Waals surface area contributed by atoms with E-state index in [0.717, 1.165) is 16.7 Å². The summed E-state index contributed by atoms with van der Waals surface area (Å²) in [4.78, 5) is 13.1. The molecule has 3 heterocycles. The highest BCUT2D eigenvalue weighted by Gasteiger charge is 2.54. The predicted octanol–water partition coefficient (Wildman–Crippen LogP) is 2.48. The Bertz CT molecular complexity index is 486. The van der Waals surface area contributed by atoms with Crippen LogP contribution in [0.2, 0.25) is 0 Å². The Kier molecular flexibility index (Phi) is 3.08. The molecule has 0 radical (unpaired) electrons. The largest absolute Gasteiger partial charge is 0.474 e. The van der Waals surface area contributed by atoms with Crippen molar-refractivity contribution >= 4 is 24.7 Å². The van der Waals surface area contributed by atoms with E-state index in [1.165, 1.54) is 0 Å². The Morgan fingerprint density at radius 2 is 1.67 bits per heavy atom. The van der Waals surface area contributed by atoms with Crippen LogP contribution in [-0.4, -0.2) is 24.9 Å². The van der Waals surface area contributed by atoms with Crippen molar-refractivity contribution in [3.8, 4) is 0 Å². The van der Waals surface area contributed by atoms with Crippen molar-refractivity contribution in [1.29, 1.82) is 0 Å². The fourth-order valence-electron chi connectivity index (χ4n) is 1.73. The molecule has 2 bridgehead atoms. The maximum atomic E-state index is 12.3. The molecule has 0 atom stereocenters. The Balaban J connectivity index is 1.75. The van der Waals surface area contributed by atoms with Gasteiger partial charge in [-0.25, -0.2) is 4.57 Å². The van der Waals surface area contributed by atoms with Gasteiger partial charge in [-0.2, -0.15) is 0 Å². The van der Waals surface area contributed by atoms with Gasteiger partial charge in [-0.1, -0.05) is 30.0 Å². The number of benzene rings is 1. The third kappa shape index (κ3) is 2.15. The van der Waals surface area contributed by atoms with Crippen LogP contribution >= 0.6 is 19.6 Å². The van der Waals surface area contributed by atoms with Gasteiger partial charge in [-0.15, -0.1) is 0 Å². The molecule has 0 unspecified atom stereocenters. The van der Waals surface area contributed by atoms with Crippen molar-refractivity contribution in [3.05, 3.63) is 30.3 Å². The summed E-state index contributed by atoms with van der Waals surface area (Å²) in [6.45, 7) is 0.300. The molecule has 4 rings (SSSR count). The van der Waals surface area contributed by atoms with Crippen LogP contribution in [0.4, 0.5) is 0 Å². The van der Waals surface area contributed by atoms with Crippen molar-refractivity contribution in [2.24, 2.45) is 5.41 Å². The van der Waals surface area contributed by atoms with Crippen molar-refractivity contribution in [1.82, 2.24) is 0 Å². The minimum atomic E-state index is -3.35. The van der Waals surface area contributed by atoms with Gasteiger partial charge in [-0.05, 0) is 12.1 Å². The highest BCUT2D eigenvalue weighted by Crippen LogP contribution is 2.60. The molecule has 96 valence electrons. The second-order valence-electron chi connectivity index (χ2n) is 4.25. The molecule has 18 heavy (non-hydrogen) atoms. The fourth-order valence-corrected chi connectivity index (χ4v) is 4.07. The van der Waals surface area contributed by atoms with Crippen molar-refractivity contribution in [2.75, 3.05) is 19.8 Å². The lowest BCUT2D eigenvalue weighted by Crippen LogP contribution is -2.49. The number of carbonyl (C=O) groups excluding carboxylic acids is 1. The first-order valence-electron chi connectivity index (χ1n) is 5.43. The van der Waals surface area contributed by atoms with Crippen LogP contribution in [0.25, 0.3) is 0 Å². The molecule has 0 spiro atoms. The Hall–Kier alpha value is -0.650. The van der Waals surface area contributed by atoms with Gasteiger partial charge in [0, 0.05) is 4.90 Å². The van der Waals surface area contributed by atoms with Crippen molar-refractivity contribution in [2.45, 2.75) is 4.90 Å². The van der Waals surface area contributed by atoms with Gasteiger partial charge in [0.1, 0.15) is 5.41 Å². The van der Waals surface area contributed by atoms with Gasteiger partial charge in [0.2, 0.25) is 5.12 Å². The van der Waals surface area contributed by atoms with Crippen molar-refractivity contribution < 1.29 is 22.9 Å². The maximum Gasteiger partial charge on any atom is 0.474 e. The fraction of sp³-hybridized carbons (Fsp3) is 0.364. The molecule has 1 aromatic rings. The monoisotopic (exact) mass is 286 g/mol. The molecule has 5 nitrogen and oxygen atoms in total. The highest BCUT2D eigenvalue weighted by atomic mass is 32.2. The van der Waals surface area contributed by atoms with E-state index in [4.69, 9.17) is 13.6 Å². The topological polar surface area (TPSA) is 61.8 Å². The van der Waals surface area contributed by atoms with Crippen LogP contribution in [0.1, 0.15) is 0 Å². The van der Waals surface area contributed by atoms with Gasteiger partial charge in [0.15, 0.2) is 0 Å². The lowest BCUT2D eigenvalue weighted by atomic mass is 9.93. The predicted molar refractivity (Wildman–Crippen MR) is 65.2 cm³/mol. The molecule has 0 saturated carbocycles. The molecule has 0 aromatic heterocycles. The first-order valence-corrected chi connectivity index (χ1v) is 7.71. The smallest absolute Gasteiger partial charge is 0.286 e. The summed E-state index contributed by atoms with van der Waals surface area (Å²) in [5.74, 6) is 0. The van der Waals surface area contributed by atoms with E-state index < -0.39 is 13.2 Å². The molecule has 0 N–H and O–H groups in total. The molecular weight excluding hydrogens is 275 g/mol. The molecule has 1 aromatic carbocycles. The average Bonchev–Trinajstić information content (AvgIpc) is 2.41. The molecule has 0 amide bonds. The first-order chi connectivity index (χ1) is 8.62. The summed E-state index contributed by atoms with van der Waals surface area (Å²) >= 11 is 1.13. The minimum Gasteiger partial charge on any atom is -0.286 e. The number of hydrogen-bond donors (Lipinski definition) is 0. The van der Waals surface area contributed by atoms with E-state index in [1.807, 2.05) is 30.3 Å². The summed E-state index contributed by atoms with van der Waals surface area (Å²) in [6.07, 6.45) is 0. The summed E-state index contributed by atoms with van der Waals surface area (Å²) in [6, 6.07) is 9.34. The van der Waals surface area contributed by atoms with Crippen LogP contribution in [0, 0.1) is 5.41 Å². The summed E-state index contributed by atoms with van der Waals surface area (Å²) in [5.41, 5.74) is -0.841. The van der Waals surface area contributed by atoms with E-state index in [-0.39, 0.29) is 24.9 Å². The van der Waals surface area contributed by atoms with Gasteiger partial charge < -0.3 is 0 Å². The van der Waals surface area contributed by atoms with E-state index in [2.05, 4.69) is 0 Å². The minimum absolute atomic E-state index is 0.0837. The third-order valence-corrected chi connectivity index (χ3v) is 5.35. The quantitative estimate of drug-likeness (QED) is 0.615. The number of phosphoric ester groups is 1. The molecular formula is C11H11O5PS. The number of phosphoric acid groups is 1. The van der Waals surface area contributed by atoms with Crippen LogP contribution < -0.4 is 0 Å². The second kappa shape index (κ2) is 4.47. The van der Waals surface area contributed by atoms with E-state index >= 15 is 0 Å². The average molecular weight is 286 g/mol. The number of thioether (sulfide) groups is 1. The Morgan fingerprint density at radius 1 is 1.11 bits per heavy atom. The molecule has 0 aliphatic carbocycles. The second-order valence-corrected chi connectivity index (χ2v) is 6.97. The van der Waals surface area contributed by atoms with E-state index in [0.29, 0.717) is 0 Å². The zero-order valence-corrected chi connectivity index (χ0v) is 11.1. The SMILES string of the molecule is O=C(Sc1ccccc1)C12COP(=O)(OC1)OC2. The third-order valence-electron chi connectivity index (χ3n) is 2.88. The number of rotatable bonds is 2. The number of hydrogen-bond acceptors (Lipinski definition) is 6. The van der Waals surface area contributed by atoms with Crippen LogP contribution in [0.3, 0.4) is 0 Å². The number of carbonyl (C=O) groups is 1. The van der Waals surface area contributed by atoms with Crippen molar-refractivity contribution in [3.63, 3.8) is 0 Å². The van der Waals surface area contributed by atoms with E-state index in [9.17, 15) is 9.36 Å². The lowest BCUT2D eigenvalue weighted by molar-refractivity contribution is -0.140. The summed E-state index contributed by atoms with van der Waals surface area (Å²) in [5, 5.41) is -0.0837. The molecule has 3 aliphatic heterocycles. The van der Waals surface area contributed by atoms with Gasteiger partial charge in [0.05, 0.1) is 19.8 Å². The van der Waals surface area contributed by atoms with Gasteiger partial charge in [0.25, 0.3) is 0 Å². The zero-order valence-electron chi connectivity index (χ0n) is 9.40. The Morgan fingerprint density at radius 3 is 2.22 bits per heavy atom. The summed E-state index contributed by atoms with van der Waals surface area (Å²) < 4.78 is 26.6. The molecule has 3 aliphatic rings. The van der Waals surface area contributed by atoms with E-state index in [1.54, 1.807) is 0 Å². The standard InChI is InChI=1S/C11H11O5PS/c12-10(18-9-4-2-1-3-5-9)11-6-14-17(13,15-7-11)16-8-11/h1-5H,6-8H2. The zero-order chi connectivity index (χ0) is 12.6. The van der Waals surface area contributed by atoms with Crippen LogP contribution in [0.5, 0.6) is 0 Å². The molecule has 7 heteroatoms. The normalized spacial score (nSPS) is 34.4. The Labute approximate surface area is 108 Å². The number of fused-ring (bicyclic) bond motifs is 3. The van der Waals surface area contributed by atoms with Crippen LogP contribution in [-0.2, 0) is 22.9 Å². The summed E-state index contributed by atoms with van der Waals surface area (Å²) in [7, 11) is -3.35. The highest BCUT2D eigenvalue weighted by molar-refractivity contribution is 8.13. The molecule has 3 fully saturated rings. The maximum absolute atomic E-state index is 12.3. The first kappa shape index (κ1) is 12.4. The van der Waals surface area contributed by atoms with Crippen LogP contribution in [0.15, 0.2) is 35.2 Å². The van der Waals surface area contributed by atoms with Gasteiger partial charge in [-0.3, -0.25) is 18.4 Å². The molecule has 3 saturated heterocycles. The lowest BCUT2D eigenvalue weighted by Gasteiger charge is -2.42. The van der Waals surface area contributed by atoms with Gasteiger partial charge >= 0.3 is 7.82 Å².